The standard InChI is InChI=1S/C27H30N2O6/c30-17-12-24(26(32)33)29(14-17)25(31)18-11-5-6-16(18)13-28-27(34)35-15-23-21-9-3-1-7-19(21)20-8-2-4-10-22(20)23/h1-4,7-10,16-18,23-24,30H,5-6,11-15H2,(H,28,34)(H,32,33)/t16-,17?,18-,24+/m1/s1. The van der Waals surface area contributed by atoms with E-state index < -0.39 is 24.2 Å². The maximum atomic E-state index is 13.1. The number of carbonyl (C=O) groups is 3. The van der Waals surface area contributed by atoms with Crippen LogP contribution in [0.2, 0.25) is 0 Å². The lowest BCUT2D eigenvalue weighted by Crippen LogP contribution is -2.45. The molecule has 8 heteroatoms. The molecule has 8 nitrogen and oxygen atoms in total. The van der Waals surface area contributed by atoms with Crippen molar-refractivity contribution in [1.29, 1.82) is 0 Å². The molecule has 1 saturated heterocycles. The first-order valence-corrected chi connectivity index (χ1v) is 12.2. The summed E-state index contributed by atoms with van der Waals surface area (Å²) in [6.45, 7) is 0.554. The molecular weight excluding hydrogens is 448 g/mol. The summed E-state index contributed by atoms with van der Waals surface area (Å²) in [7, 11) is 0. The number of ether oxygens (including phenoxy) is 1. The van der Waals surface area contributed by atoms with Gasteiger partial charge in [0.2, 0.25) is 5.91 Å². The Morgan fingerprint density at radius 1 is 1.00 bits per heavy atom. The summed E-state index contributed by atoms with van der Waals surface area (Å²) >= 11 is 0. The molecule has 1 saturated carbocycles. The van der Waals surface area contributed by atoms with E-state index in [4.69, 9.17) is 4.74 Å². The molecule has 2 aromatic carbocycles. The average Bonchev–Trinajstić information content (AvgIpc) is 3.57. The zero-order chi connectivity index (χ0) is 24.5. The smallest absolute Gasteiger partial charge is 0.407 e. The van der Waals surface area contributed by atoms with Crippen molar-refractivity contribution in [3.05, 3.63) is 59.7 Å². The summed E-state index contributed by atoms with van der Waals surface area (Å²) in [6, 6.07) is 15.3. The second kappa shape index (κ2) is 9.70. The average molecular weight is 479 g/mol. The van der Waals surface area contributed by atoms with Gasteiger partial charge in [-0.3, -0.25) is 4.79 Å². The van der Waals surface area contributed by atoms with Gasteiger partial charge in [0, 0.05) is 31.3 Å². The summed E-state index contributed by atoms with van der Waals surface area (Å²) in [5, 5.41) is 22.1. The van der Waals surface area contributed by atoms with E-state index >= 15 is 0 Å². The van der Waals surface area contributed by atoms with Crippen molar-refractivity contribution in [1.82, 2.24) is 10.2 Å². The Labute approximate surface area is 203 Å². The Morgan fingerprint density at radius 2 is 1.66 bits per heavy atom. The van der Waals surface area contributed by atoms with Gasteiger partial charge in [0.25, 0.3) is 0 Å². The topological polar surface area (TPSA) is 116 Å². The largest absolute Gasteiger partial charge is 0.480 e. The lowest BCUT2D eigenvalue weighted by molar-refractivity contribution is -0.150. The predicted octanol–water partition coefficient (Wildman–Crippen LogP) is 2.99. The minimum Gasteiger partial charge on any atom is -0.480 e. The lowest BCUT2D eigenvalue weighted by atomic mass is 9.94. The summed E-state index contributed by atoms with van der Waals surface area (Å²) < 4.78 is 5.60. The highest BCUT2D eigenvalue weighted by Crippen LogP contribution is 2.44. The highest BCUT2D eigenvalue weighted by atomic mass is 16.5. The first-order valence-electron chi connectivity index (χ1n) is 12.2. The molecule has 5 rings (SSSR count). The molecule has 3 N–H and O–H groups in total. The molecule has 2 amide bonds. The Bertz CT molecular complexity index is 1090. The minimum atomic E-state index is -1.10. The molecule has 4 atom stereocenters. The minimum absolute atomic E-state index is 0.0245. The number of likely N-dealkylation sites (tertiary alicyclic amines) is 1. The molecule has 1 heterocycles. The van der Waals surface area contributed by atoms with Gasteiger partial charge >= 0.3 is 12.1 Å². The fourth-order valence-electron chi connectivity index (χ4n) is 5.97. The van der Waals surface area contributed by atoms with Crippen molar-refractivity contribution < 1.29 is 29.3 Å². The van der Waals surface area contributed by atoms with Crippen LogP contribution in [-0.2, 0) is 14.3 Å². The zero-order valence-corrected chi connectivity index (χ0v) is 19.4. The number of aliphatic hydroxyl groups excluding tert-OH is 1. The van der Waals surface area contributed by atoms with Gasteiger partial charge in [0.05, 0.1) is 6.10 Å². The van der Waals surface area contributed by atoms with Crippen LogP contribution in [0.4, 0.5) is 4.79 Å². The van der Waals surface area contributed by atoms with Gasteiger partial charge in [0.1, 0.15) is 12.6 Å². The number of rotatable bonds is 6. The van der Waals surface area contributed by atoms with Gasteiger partial charge in [-0.2, -0.15) is 0 Å². The van der Waals surface area contributed by atoms with E-state index in [-0.39, 0.29) is 43.2 Å². The quantitative estimate of drug-likeness (QED) is 0.588. The number of benzene rings is 2. The number of alkyl carbamates (subject to hydrolysis) is 1. The number of aliphatic carboxylic acids is 1. The molecule has 0 radical (unpaired) electrons. The summed E-state index contributed by atoms with van der Waals surface area (Å²) in [5.41, 5.74) is 4.61. The highest BCUT2D eigenvalue weighted by Gasteiger charge is 2.44. The van der Waals surface area contributed by atoms with Crippen LogP contribution in [0.3, 0.4) is 0 Å². The number of carboxylic acids is 1. The lowest BCUT2D eigenvalue weighted by Gasteiger charge is -2.27. The van der Waals surface area contributed by atoms with Crippen LogP contribution in [0, 0.1) is 11.8 Å². The van der Waals surface area contributed by atoms with Gasteiger partial charge in [-0.1, -0.05) is 55.0 Å². The van der Waals surface area contributed by atoms with Crippen LogP contribution in [-0.4, -0.2) is 64.9 Å². The van der Waals surface area contributed by atoms with Crippen LogP contribution >= 0.6 is 0 Å². The molecule has 1 aliphatic heterocycles. The molecule has 2 fully saturated rings. The number of fused-ring (bicyclic) bond motifs is 3. The second-order valence-corrected chi connectivity index (χ2v) is 9.74. The number of hydrogen-bond acceptors (Lipinski definition) is 5. The van der Waals surface area contributed by atoms with E-state index in [1.165, 1.54) is 4.90 Å². The van der Waals surface area contributed by atoms with Gasteiger partial charge in [-0.05, 0) is 41.0 Å². The fourth-order valence-corrected chi connectivity index (χ4v) is 5.97. The third-order valence-electron chi connectivity index (χ3n) is 7.68. The molecule has 35 heavy (non-hydrogen) atoms. The molecule has 0 aromatic heterocycles. The van der Waals surface area contributed by atoms with Crippen molar-refractivity contribution in [3.63, 3.8) is 0 Å². The van der Waals surface area contributed by atoms with E-state index in [1.807, 2.05) is 24.3 Å². The van der Waals surface area contributed by atoms with E-state index in [0.717, 1.165) is 35.1 Å². The van der Waals surface area contributed by atoms with Crippen LogP contribution < -0.4 is 5.32 Å². The van der Waals surface area contributed by atoms with E-state index in [0.29, 0.717) is 13.0 Å². The second-order valence-electron chi connectivity index (χ2n) is 9.74. The Hall–Kier alpha value is -3.39. The highest BCUT2D eigenvalue weighted by molar-refractivity contribution is 5.86. The summed E-state index contributed by atoms with van der Waals surface area (Å²) in [5.74, 6) is -1.82. The SMILES string of the molecule is O=C(NC[C@H]1CCC[C@H]1C(=O)N1CC(O)C[C@H]1C(=O)O)OCC1c2ccccc2-c2ccccc21. The number of nitrogens with one attached hydrogen (secondary N) is 1. The molecule has 2 aliphatic carbocycles. The number of nitrogens with zero attached hydrogens (tertiary/aromatic N) is 1. The maximum Gasteiger partial charge on any atom is 0.407 e. The zero-order valence-electron chi connectivity index (χ0n) is 19.4. The molecule has 184 valence electrons. The van der Waals surface area contributed by atoms with Crippen LogP contribution in [0.15, 0.2) is 48.5 Å². The van der Waals surface area contributed by atoms with Crippen LogP contribution in [0.25, 0.3) is 11.1 Å². The first kappa shape index (κ1) is 23.4. The Morgan fingerprint density at radius 3 is 2.31 bits per heavy atom. The van der Waals surface area contributed by atoms with Crippen LogP contribution in [0.1, 0.15) is 42.7 Å². The Kier molecular flexibility index (Phi) is 6.47. The van der Waals surface area contributed by atoms with E-state index in [2.05, 4.69) is 29.6 Å². The van der Waals surface area contributed by atoms with Gasteiger partial charge in [-0.15, -0.1) is 0 Å². The summed E-state index contributed by atoms with van der Waals surface area (Å²) in [4.78, 5) is 38.5. The number of hydrogen-bond donors (Lipinski definition) is 3. The molecule has 3 aliphatic rings. The fraction of sp³-hybridized carbons (Fsp3) is 0.444. The van der Waals surface area contributed by atoms with E-state index in [9.17, 15) is 24.6 Å². The van der Waals surface area contributed by atoms with Crippen molar-refractivity contribution in [2.24, 2.45) is 11.8 Å². The van der Waals surface area contributed by atoms with Crippen molar-refractivity contribution in [2.75, 3.05) is 19.7 Å². The normalized spacial score (nSPS) is 25.2. The first-order chi connectivity index (χ1) is 16.9. The number of amides is 2. The van der Waals surface area contributed by atoms with Crippen LogP contribution in [0.5, 0.6) is 0 Å². The maximum absolute atomic E-state index is 13.1. The Balaban J connectivity index is 1.17. The van der Waals surface area contributed by atoms with E-state index in [1.54, 1.807) is 0 Å². The van der Waals surface area contributed by atoms with Crippen molar-refractivity contribution in [2.45, 2.75) is 43.7 Å². The molecule has 0 bridgehead atoms. The summed E-state index contributed by atoms with van der Waals surface area (Å²) in [6.07, 6.45) is 0.963. The third kappa shape index (κ3) is 4.50. The predicted molar refractivity (Wildman–Crippen MR) is 128 cm³/mol. The van der Waals surface area contributed by atoms with Gasteiger partial charge in [0.15, 0.2) is 0 Å². The molecule has 2 aromatic rings. The van der Waals surface area contributed by atoms with Crippen molar-refractivity contribution in [3.8, 4) is 11.1 Å². The number of carboxylic acid groups (broad SMARTS) is 1. The number of aliphatic hydroxyl groups is 1. The third-order valence-corrected chi connectivity index (χ3v) is 7.68. The number of carbonyl (C=O) groups excluding carboxylic acids is 2. The molecule has 1 unspecified atom stereocenters. The van der Waals surface area contributed by atoms with Gasteiger partial charge in [-0.25, -0.2) is 9.59 Å². The number of β-amino-alcohol motifs (C(OH)–C–C–N with tert-alkyl or cyclic N) is 1. The molecule has 0 spiro atoms. The molecular formula is C27H30N2O6. The monoisotopic (exact) mass is 478 g/mol. The van der Waals surface area contributed by atoms with Gasteiger partial charge < -0.3 is 25.2 Å². The van der Waals surface area contributed by atoms with Crippen molar-refractivity contribution >= 4 is 18.0 Å².